The molecular weight excluding hydrogens is 360 g/mol. The van der Waals surface area contributed by atoms with Gasteiger partial charge in [-0.3, -0.25) is 4.79 Å². The summed E-state index contributed by atoms with van der Waals surface area (Å²) in [6.07, 6.45) is -1.94. The number of carbonyl (C=O) groups is 1. The molecule has 0 bridgehead atoms. The van der Waals surface area contributed by atoms with Crippen LogP contribution in [-0.2, 0) is 19.0 Å². The standard InChI is InChI=1S/C10H16Br2O5/c1-10(2)16-5(4-11)8(17-10)7(13)6(12)9(14)15-3/h5-8,13H,4H2,1-3H3/t5-,6+,7+,8+/m0/s1. The van der Waals surface area contributed by atoms with Gasteiger partial charge in [0.1, 0.15) is 17.0 Å². The van der Waals surface area contributed by atoms with Crippen LogP contribution in [-0.4, -0.2) is 52.4 Å². The first-order valence-corrected chi connectivity index (χ1v) is 7.17. The van der Waals surface area contributed by atoms with Crippen molar-refractivity contribution in [2.45, 2.75) is 42.8 Å². The van der Waals surface area contributed by atoms with Gasteiger partial charge in [0.05, 0.1) is 13.2 Å². The van der Waals surface area contributed by atoms with Crippen molar-refractivity contribution in [1.82, 2.24) is 0 Å². The Morgan fingerprint density at radius 1 is 1.53 bits per heavy atom. The van der Waals surface area contributed by atoms with E-state index in [9.17, 15) is 9.90 Å². The zero-order chi connectivity index (χ0) is 13.2. The quantitative estimate of drug-likeness (QED) is 0.590. The number of aliphatic hydroxyl groups is 1. The van der Waals surface area contributed by atoms with E-state index in [1.54, 1.807) is 13.8 Å². The maximum absolute atomic E-state index is 11.3. The summed E-state index contributed by atoms with van der Waals surface area (Å²) in [5, 5.41) is 10.6. The van der Waals surface area contributed by atoms with Crippen molar-refractivity contribution >= 4 is 37.8 Å². The molecule has 5 nitrogen and oxygen atoms in total. The van der Waals surface area contributed by atoms with Gasteiger partial charge in [-0.05, 0) is 13.8 Å². The molecule has 1 rings (SSSR count). The Morgan fingerprint density at radius 3 is 2.59 bits per heavy atom. The third-order valence-corrected chi connectivity index (χ3v) is 3.99. The van der Waals surface area contributed by atoms with Crippen LogP contribution < -0.4 is 0 Å². The maximum atomic E-state index is 11.3. The summed E-state index contributed by atoms with van der Waals surface area (Å²) in [7, 11) is 1.27. The summed E-state index contributed by atoms with van der Waals surface area (Å²) in [5.41, 5.74) is 0. The lowest BCUT2D eigenvalue weighted by Gasteiger charge is -2.24. The smallest absolute Gasteiger partial charge is 0.322 e. The molecule has 1 aliphatic heterocycles. The molecule has 0 saturated carbocycles. The van der Waals surface area contributed by atoms with Crippen LogP contribution in [0.5, 0.6) is 0 Å². The Balaban J connectivity index is 2.74. The molecule has 7 heteroatoms. The highest BCUT2D eigenvalue weighted by Gasteiger charge is 2.47. The molecule has 1 heterocycles. The van der Waals surface area contributed by atoms with Crippen LogP contribution >= 0.6 is 31.9 Å². The molecule has 0 unspecified atom stereocenters. The fourth-order valence-corrected chi connectivity index (χ4v) is 2.68. The number of hydrogen-bond donors (Lipinski definition) is 1. The number of halogens is 2. The molecule has 0 amide bonds. The minimum Gasteiger partial charge on any atom is -0.468 e. The van der Waals surface area contributed by atoms with Crippen LogP contribution in [0.2, 0.25) is 0 Å². The molecule has 0 aromatic rings. The van der Waals surface area contributed by atoms with Crippen LogP contribution in [0.4, 0.5) is 0 Å². The number of methoxy groups -OCH3 is 1. The number of esters is 1. The van der Waals surface area contributed by atoms with Crippen LogP contribution in [0.15, 0.2) is 0 Å². The maximum Gasteiger partial charge on any atom is 0.322 e. The number of hydrogen-bond acceptors (Lipinski definition) is 5. The van der Waals surface area contributed by atoms with Crippen molar-refractivity contribution < 1.29 is 24.1 Å². The van der Waals surface area contributed by atoms with Crippen molar-refractivity contribution in [1.29, 1.82) is 0 Å². The predicted molar refractivity (Wildman–Crippen MR) is 68.4 cm³/mol. The lowest BCUT2D eigenvalue weighted by Crippen LogP contribution is -2.44. The summed E-state index contributed by atoms with van der Waals surface area (Å²) in [4.78, 5) is 10.5. The lowest BCUT2D eigenvalue weighted by atomic mass is 10.1. The van der Waals surface area contributed by atoms with Crippen molar-refractivity contribution in [2.75, 3.05) is 12.4 Å². The molecular formula is C10H16Br2O5. The van der Waals surface area contributed by atoms with Gasteiger partial charge in [0.2, 0.25) is 0 Å². The minimum atomic E-state index is -1.04. The molecule has 4 atom stereocenters. The van der Waals surface area contributed by atoms with E-state index in [1.165, 1.54) is 7.11 Å². The van der Waals surface area contributed by atoms with Crippen LogP contribution in [0.1, 0.15) is 13.8 Å². The van der Waals surface area contributed by atoms with Gasteiger partial charge in [0.15, 0.2) is 5.79 Å². The first-order valence-electron chi connectivity index (χ1n) is 5.14. The summed E-state index contributed by atoms with van der Waals surface area (Å²) in [6.45, 7) is 3.52. The fraction of sp³-hybridized carbons (Fsp3) is 0.900. The van der Waals surface area contributed by atoms with Gasteiger partial charge in [-0.15, -0.1) is 0 Å². The largest absolute Gasteiger partial charge is 0.468 e. The molecule has 1 N–H and O–H groups in total. The molecule has 0 spiro atoms. The van der Waals surface area contributed by atoms with Gasteiger partial charge < -0.3 is 19.3 Å². The number of alkyl halides is 2. The second-order valence-electron chi connectivity index (χ2n) is 4.21. The Kier molecular flexibility index (Phi) is 5.39. The highest BCUT2D eigenvalue weighted by molar-refractivity contribution is 9.10. The van der Waals surface area contributed by atoms with E-state index in [2.05, 4.69) is 36.6 Å². The van der Waals surface area contributed by atoms with Gasteiger partial charge in [-0.1, -0.05) is 31.9 Å². The normalized spacial score (nSPS) is 30.9. The van der Waals surface area contributed by atoms with Crippen LogP contribution in [0, 0.1) is 0 Å². The number of carbonyl (C=O) groups excluding carboxylic acids is 1. The molecule has 1 aliphatic rings. The predicted octanol–water partition coefficient (Wildman–Crippen LogP) is 1.20. The second-order valence-corrected chi connectivity index (χ2v) is 5.84. The van der Waals surface area contributed by atoms with Gasteiger partial charge in [-0.25, -0.2) is 0 Å². The van der Waals surface area contributed by atoms with E-state index >= 15 is 0 Å². The molecule has 0 aromatic carbocycles. The zero-order valence-corrected chi connectivity index (χ0v) is 13.0. The fourth-order valence-electron chi connectivity index (χ4n) is 1.69. The monoisotopic (exact) mass is 374 g/mol. The summed E-state index contributed by atoms with van der Waals surface area (Å²) in [5.74, 6) is -1.31. The van der Waals surface area contributed by atoms with Crippen molar-refractivity contribution in [2.24, 2.45) is 0 Å². The third kappa shape index (κ3) is 3.64. The number of rotatable bonds is 4. The van der Waals surface area contributed by atoms with E-state index in [0.29, 0.717) is 5.33 Å². The van der Waals surface area contributed by atoms with Gasteiger partial charge in [0.25, 0.3) is 0 Å². The Bertz CT molecular complexity index is 284. The summed E-state index contributed by atoms with van der Waals surface area (Å²) in [6, 6.07) is 0. The summed E-state index contributed by atoms with van der Waals surface area (Å²) < 4.78 is 15.7. The third-order valence-electron chi connectivity index (χ3n) is 2.44. The van der Waals surface area contributed by atoms with Crippen molar-refractivity contribution in [3.8, 4) is 0 Å². The Labute approximate surface area is 117 Å². The average Bonchev–Trinajstić information content (AvgIpc) is 2.61. The first-order chi connectivity index (χ1) is 7.82. The first kappa shape index (κ1) is 15.4. The van der Waals surface area contributed by atoms with E-state index in [1.807, 2.05) is 0 Å². The number of ether oxygens (including phenoxy) is 3. The molecule has 0 aromatic heterocycles. The van der Waals surface area contributed by atoms with Crippen molar-refractivity contribution in [3.05, 3.63) is 0 Å². The highest BCUT2D eigenvalue weighted by Crippen LogP contribution is 2.33. The second kappa shape index (κ2) is 5.97. The average molecular weight is 376 g/mol. The van der Waals surface area contributed by atoms with Crippen molar-refractivity contribution in [3.63, 3.8) is 0 Å². The summed E-state index contributed by atoms with van der Waals surface area (Å²) >= 11 is 6.39. The van der Waals surface area contributed by atoms with Gasteiger partial charge in [0, 0.05) is 5.33 Å². The van der Waals surface area contributed by atoms with E-state index in [4.69, 9.17) is 9.47 Å². The molecule has 0 radical (unpaired) electrons. The highest BCUT2D eigenvalue weighted by atomic mass is 79.9. The van der Waals surface area contributed by atoms with Gasteiger partial charge in [-0.2, -0.15) is 0 Å². The molecule has 1 saturated heterocycles. The van der Waals surface area contributed by atoms with Crippen LogP contribution in [0.3, 0.4) is 0 Å². The Hall–Kier alpha value is 0.310. The lowest BCUT2D eigenvalue weighted by molar-refractivity contribution is -0.159. The topological polar surface area (TPSA) is 65.0 Å². The minimum absolute atomic E-state index is 0.315. The molecule has 1 fully saturated rings. The number of aliphatic hydroxyl groups excluding tert-OH is 1. The molecule has 0 aliphatic carbocycles. The molecule has 17 heavy (non-hydrogen) atoms. The zero-order valence-electron chi connectivity index (χ0n) is 9.85. The SMILES string of the molecule is COC(=O)[C@H](Br)[C@@H](O)[C@@H]1OC(C)(C)O[C@H]1CBr. The molecule has 100 valence electrons. The van der Waals surface area contributed by atoms with E-state index in [-0.39, 0.29) is 6.10 Å². The van der Waals surface area contributed by atoms with E-state index in [0.717, 1.165) is 0 Å². The van der Waals surface area contributed by atoms with Gasteiger partial charge >= 0.3 is 5.97 Å². The van der Waals surface area contributed by atoms with E-state index < -0.39 is 28.8 Å². The van der Waals surface area contributed by atoms with Crippen LogP contribution in [0.25, 0.3) is 0 Å². The Morgan fingerprint density at radius 2 is 2.12 bits per heavy atom.